The predicted molar refractivity (Wildman–Crippen MR) is 126 cm³/mol. The molecule has 0 aliphatic heterocycles. The second kappa shape index (κ2) is 9.62. The summed E-state index contributed by atoms with van der Waals surface area (Å²) in [5.41, 5.74) is 2.37. The van der Waals surface area contributed by atoms with Gasteiger partial charge in [-0.25, -0.2) is 0 Å². The van der Waals surface area contributed by atoms with Gasteiger partial charge in [-0.2, -0.15) is 0 Å². The SMILES string of the molecule is C=CCc1ccc(OCC(C)(C)c2cccc([SiH2]c3ccccc3)c2)c(OC)c1. The standard InChI is InChI=1S/C26H30O2Si/c1-5-10-20-15-16-24(25(17-20)27-4)28-19-26(2,3)21-11-9-14-23(18-21)29-22-12-7-6-8-13-22/h5-9,11-18H,1,10,19,29H2,2-4H3. The Bertz CT molecular complexity index is 948. The second-order valence-corrected chi connectivity index (χ2v) is 10.00. The minimum absolute atomic E-state index is 0.105. The van der Waals surface area contributed by atoms with Crippen molar-refractivity contribution < 1.29 is 9.47 Å². The number of ether oxygens (including phenoxy) is 2. The van der Waals surface area contributed by atoms with Crippen LogP contribution in [-0.4, -0.2) is 23.2 Å². The van der Waals surface area contributed by atoms with E-state index in [0.29, 0.717) is 6.61 Å². The maximum atomic E-state index is 6.20. The van der Waals surface area contributed by atoms with E-state index in [4.69, 9.17) is 9.47 Å². The lowest BCUT2D eigenvalue weighted by Crippen LogP contribution is -2.31. The van der Waals surface area contributed by atoms with Crippen molar-refractivity contribution in [2.75, 3.05) is 13.7 Å². The molecular formula is C26H30O2Si. The highest BCUT2D eigenvalue weighted by Crippen LogP contribution is 2.31. The fraction of sp³-hybridized carbons (Fsp3) is 0.231. The Morgan fingerprint density at radius 3 is 2.38 bits per heavy atom. The molecule has 0 aliphatic rings. The molecule has 0 aromatic heterocycles. The van der Waals surface area contributed by atoms with Crippen LogP contribution in [0.1, 0.15) is 25.0 Å². The number of methoxy groups -OCH3 is 1. The van der Waals surface area contributed by atoms with Crippen molar-refractivity contribution in [2.24, 2.45) is 0 Å². The Balaban J connectivity index is 1.73. The van der Waals surface area contributed by atoms with Crippen LogP contribution in [0.25, 0.3) is 0 Å². The highest BCUT2D eigenvalue weighted by molar-refractivity contribution is 6.67. The summed E-state index contributed by atoms with van der Waals surface area (Å²) in [5, 5.41) is 2.91. The summed E-state index contributed by atoms with van der Waals surface area (Å²) in [4.78, 5) is 0. The van der Waals surface area contributed by atoms with E-state index in [-0.39, 0.29) is 5.41 Å². The number of hydrogen-bond acceptors (Lipinski definition) is 2. The number of hydrogen-bond donors (Lipinski definition) is 0. The molecule has 0 aliphatic carbocycles. The van der Waals surface area contributed by atoms with Crippen LogP contribution in [0, 0.1) is 0 Å². The predicted octanol–water partition coefficient (Wildman–Crippen LogP) is 3.90. The van der Waals surface area contributed by atoms with E-state index in [9.17, 15) is 0 Å². The van der Waals surface area contributed by atoms with Gasteiger partial charge in [0.1, 0.15) is 0 Å². The average molecular weight is 403 g/mol. The van der Waals surface area contributed by atoms with Gasteiger partial charge in [0, 0.05) is 5.41 Å². The third-order valence-electron chi connectivity index (χ3n) is 5.16. The summed E-state index contributed by atoms with van der Waals surface area (Å²) in [6.45, 7) is 8.85. The van der Waals surface area contributed by atoms with E-state index in [1.165, 1.54) is 21.5 Å². The number of benzene rings is 3. The van der Waals surface area contributed by atoms with Crippen LogP contribution in [-0.2, 0) is 11.8 Å². The normalized spacial score (nSPS) is 11.6. The summed E-state index contributed by atoms with van der Waals surface area (Å²) in [7, 11) is 1.22. The smallest absolute Gasteiger partial charge is 0.161 e. The minimum atomic E-state index is -0.467. The molecule has 3 aromatic rings. The molecule has 0 atom stereocenters. The van der Waals surface area contributed by atoms with E-state index < -0.39 is 9.52 Å². The molecule has 3 aromatic carbocycles. The van der Waals surface area contributed by atoms with Crippen LogP contribution in [0.5, 0.6) is 11.5 Å². The summed E-state index contributed by atoms with van der Waals surface area (Å²) in [6.07, 6.45) is 2.71. The number of allylic oxidation sites excluding steroid dienone is 1. The Morgan fingerprint density at radius 1 is 0.897 bits per heavy atom. The lowest BCUT2D eigenvalue weighted by molar-refractivity contribution is 0.230. The van der Waals surface area contributed by atoms with E-state index >= 15 is 0 Å². The summed E-state index contributed by atoms with van der Waals surface area (Å²) < 4.78 is 11.7. The first-order chi connectivity index (χ1) is 14.0. The van der Waals surface area contributed by atoms with Gasteiger partial charge in [0.05, 0.1) is 23.2 Å². The van der Waals surface area contributed by atoms with Crippen molar-refractivity contribution in [3.63, 3.8) is 0 Å². The largest absolute Gasteiger partial charge is 0.493 e. The van der Waals surface area contributed by atoms with Crippen LogP contribution in [0.15, 0.2) is 85.5 Å². The van der Waals surface area contributed by atoms with Gasteiger partial charge < -0.3 is 9.47 Å². The molecule has 0 saturated carbocycles. The van der Waals surface area contributed by atoms with Crippen molar-refractivity contribution in [3.8, 4) is 11.5 Å². The Morgan fingerprint density at radius 2 is 1.66 bits per heavy atom. The fourth-order valence-corrected chi connectivity index (χ4v) is 4.96. The first kappa shape index (κ1) is 20.9. The van der Waals surface area contributed by atoms with E-state index in [1.54, 1.807) is 7.11 Å². The van der Waals surface area contributed by atoms with Crippen molar-refractivity contribution in [3.05, 3.63) is 96.6 Å². The molecule has 0 amide bonds. The van der Waals surface area contributed by atoms with Gasteiger partial charge in [-0.1, -0.05) is 91.0 Å². The third kappa shape index (κ3) is 5.61. The Kier molecular flexibility index (Phi) is 6.94. The molecule has 150 valence electrons. The van der Waals surface area contributed by atoms with Gasteiger partial charge in [-0.3, -0.25) is 0 Å². The van der Waals surface area contributed by atoms with Crippen molar-refractivity contribution in [1.29, 1.82) is 0 Å². The Hall–Kier alpha value is -2.78. The lowest BCUT2D eigenvalue weighted by Gasteiger charge is -2.26. The molecule has 2 nitrogen and oxygen atoms in total. The van der Waals surface area contributed by atoms with Gasteiger partial charge >= 0.3 is 0 Å². The van der Waals surface area contributed by atoms with Gasteiger partial charge in [0.25, 0.3) is 0 Å². The summed E-state index contributed by atoms with van der Waals surface area (Å²) in [5.74, 6) is 1.55. The van der Waals surface area contributed by atoms with Gasteiger partial charge in [0.2, 0.25) is 0 Å². The molecule has 0 saturated heterocycles. The van der Waals surface area contributed by atoms with E-state index in [0.717, 1.165) is 17.9 Å². The molecule has 0 unspecified atom stereocenters. The Labute approximate surface area is 177 Å². The minimum Gasteiger partial charge on any atom is -0.493 e. The molecule has 0 heterocycles. The molecule has 29 heavy (non-hydrogen) atoms. The molecule has 0 fully saturated rings. The first-order valence-corrected chi connectivity index (χ1v) is 11.5. The first-order valence-electron chi connectivity index (χ1n) is 10.1. The summed E-state index contributed by atoms with van der Waals surface area (Å²) >= 11 is 0. The molecule has 3 rings (SSSR count). The maximum absolute atomic E-state index is 6.20. The topological polar surface area (TPSA) is 18.5 Å². The third-order valence-corrected chi connectivity index (χ3v) is 6.88. The van der Waals surface area contributed by atoms with Crippen LogP contribution in [0.2, 0.25) is 0 Å². The van der Waals surface area contributed by atoms with Gasteiger partial charge in [-0.15, -0.1) is 6.58 Å². The van der Waals surface area contributed by atoms with Crippen LogP contribution < -0.4 is 19.8 Å². The molecule has 0 spiro atoms. The maximum Gasteiger partial charge on any atom is 0.161 e. The van der Waals surface area contributed by atoms with Crippen molar-refractivity contribution in [2.45, 2.75) is 25.7 Å². The quantitative estimate of drug-likeness (QED) is 0.399. The van der Waals surface area contributed by atoms with Crippen LogP contribution >= 0.6 is 0 Å². The van der Waals surface area contributed by atoms with Gasteiger partial charge in [-0.05, 0) is 29.7 Å². The second-order valence-electron chi connectivity index (χ2n) is 8.01. The van der Waals surface area contributed by atoms with E-state index in [2.05, 4.69) is 81.1 Å². The monoisotopic (exact) mass is 402 g/mol. The van der Waals surface area contributed by atoms with E-state index in [1.807, 2.05) is 18.2 Å². The van der Waals surface area contributed by atoms with Gasteiger partial charge in [0.15, 0.2) is 11.5 Å². The molecular weight excluding hydrogens is 372 g/mol. The highest BCUT2D eigenvalue weighted by atomic mass is 28.2. The number of rotatable bonds is 9. The zero-order valence-electron chi connectivity index (χ0n) is 17.7. The lowest BCUT2D eigenvalue weighted by atomic mass is 9.85. The zero-order chi connectivity index (χ0) is 20.7. The van der Waals surface area contributed by atoms with Crippen molar-refractivity contribution >= 4 is 19.9 Å². The highest BCUT2D eigenvalue weighted by Gasteiger charge is 2.23. The average Bonchev–Trinajstić information content (AvgIpc) is 2.74. The summed E-state index contributed by atoms with van der Waals surface area (Å²) in [6, 6.07) is 25.9. The molecule has 0 radical (unpaired) electrons. The molecule has 0 N–H and O–H groups in total. The molecule has 3 heteroatoms. The zero-order valence-corrected chi connectivity index (χ0v) is 19.1. The van der Waals surface area contributed by atoms with Crippen molar-refractivity contribution in [1.82, 2.24) is 0 Å². The fourth-order valence-electron chi connectivity index (χ4n) is 3.40. The molecule has 0 bridgehead atoms. The van der Waals surface area contributed by atoms with Crippen LogP contribution in [0.4, 0.5) is 0 Å². The van der Waals surface area contributed by atoms with Crippen LogP contribution in [0.3, 0.4) is 0 Å².